The van der Waals surface area contributed by atoms with Gasteiger partial charge >= 0.3 is 11.6 Å². The van der Waals surface area contributed by atoms with Gasteiger partial charge < -0.3 is 19.8 Å². The predicted octanol–water partition coefficient (Wildman–Crippen LogP) is 4.84. The predicted molar refractivity (Wildman–Crippen MR) is 130 cm³/mol. The molecule has 0 unspecified atom stereocenters. The summed E-state index contributed by atoms with van der Waals surface area (Å²) in [6.45, 7) is 3.37. The SMILES string of the molecule is CCOC(=O)c1c(NC(=O)c2cc3ccccc3oc2=O)sc(C(=O)Nc2ccccc2)c1C. The number of anilines is 2. The molecule has 0 saturated heterocycles. The van der Waals surface area contributed by atoms with Gasteiger partial charge in [-0.1, -0.05) is 36.4 Å². The van der Waals surface area contributed by atoms with Crippen molar-refractivity contribution in [3.8, 4) is 0 Å². The van der Waals surface area contributed by atoms with Crippen molar-refractivity contribution in [3.63, 3.8) is 0 Å². The fraction of sp³-hybridized carbons (Fsp3) is 0.120. The standard InChI is InChI=1S/C25H20N2O6S/c1-3-32-25(31)19-14(2)20(22(29)26-16-10-5-4-6-11-16)34-23(19)27-21(28)17-13-15-9-7-8-12-18(15)33-24(17)30/h4-13H,3H2,1-2H3,(H,26,29)(H,27,28). The molecule has 4 rings (SSSR count). The van der Waals surface area contributed by atoms with Crippen LogP contribution in [0.4, 0.5) is 10.7 Å². The minimum Gasteiger partial charge on any atom is -0.462 e. The molecule has 0 aliphatic heterocycles. The number of hydrogen-bond acceptors (Lipinski definition) is 7. The van der Waals surface area contributed by atoms with Crippen LogP contribution in [0.2, 0.25) is 0 Å². The first-order valence-corrected chi connectivity index (χ1v) is 11.2. The summed E-state index contributed by atoms with van der Waals surface area (Å²) in [7, 11) is 0. The first kappa shape index (κ1) is 22.9. The van der Waals surface area contributed by atoms with Gasteiger partial charge in [-0.25, -0.2) is 9.59 Å². The summed E-state index contributed by atoms with van der Waals surface area (Å²) in [5.74, 6) is -1.89. The van der Waals surface area contributed by atoms with Crippen LogP contribution >= 0.6 is 11.3 Å². The maximum atomic E-state index is 13.0. The Kier molecular flexibility index (Phi) is 6.55. The lowest BCUT2D eigenvalue weighted by atomic mass is 10.1. The number of fused-ring (bicyclic) bond motifs is 1. The van der Waals surface area contributed by atoms with Crippen LogP contribution in [0, 0.1) is 6.92 Å². The van der Waals surface area contributed by atoms with Crippen molar-refractivity contribution in [3.05, 3.63) is 92.7 Å². The summed E-state index contributed by atoms with van der Waals surface area (Å²) < 4.78 is 10.4. The average Bonchev–Trinajstić information content (AvgIpc) is 3.15. The van der Waals surface area contributed by atoms with Gasteiger partial charge in [0.2, 0.25) is 0 Å². The van der Waals surface area contributed by atoms with Crippen LogP contribution < -0.4 is 16.3 Å². The number of hydrogen-bond donors (Lipinski definition) is 2. The van der Waals surface area contributed by atoms with Gasteiger partial charge in [0, 0.05) is 11.1 Å². The van der Waals surface area contributed by atoms with E-state index < -0.39 is 23.4 Å². The van der Waals surface area contributed by atoms with Crippen molar-refractivity contribution in [2.75, 3.05) is 17.2 Å². The van der Waals surface area contributed by atoms with Crippen LogP contribution in [0.5, 0.6) is 0 Å². The van der Waals surface area contributed by atoms with E-state index >= 15 is 0 Å². The average molecular weight is 477 g/mol. The van der Waals surface area contributed by atoms with E-state index in [4.69, 9.17) is 9.15 Å². The van der Waals surface area contributed by atoms with Crippen LogP contribution in [0.15, 0.2) is 69.9 Å². The highest BCUT2D eigenvalue weighted by Crippen LogP contribution is 2.34. The number of thiophene rings is 1. The van der Waals surface area contributed by atoms with E-state index in [9.17, 15) is 19.2 Å². The number of ether oxygens (including phenoxy) is 1. The van der Waals surface area contributed by atoms with E-state index in [2.05, 4.69) is 10.6 Å². The van der Waals surface area contributed by atoms with E-state index in [0.29, 0.717) is 22.2 Å². The Morgan fingerprint density at radius 1 is 0.971 bits per heavy atom. The topological polar surface area (TPSA) is 115 Å². The Labute approximate surface area is 198 Å². The minimum atomic E-state index is -0.816. The number of esters is 1. The lowest BCUT2D eigenvalue weighted by molar-refractivity contribution is 0.0527. The Hall–Kier alpha value is -4.24. The lowest BCUT2D eigenvalue weighted by Crippen LogP contribution is -2.21. The fourth-order valence-corrected chi connectivity index (χ4v) is 4.45. The molecule has 0 fully saturated rings. The fourth-order valence-electron chi connectivity index (χ4n) is 3.37. The Morgan fingerprint density at radius 3 is 2.41 bits per heavy atom. The number of nitrogens with one attached hydrogen (secondary N) is 2. The summed E-state index contributed by atoms with van der Waals surface area (Å²) >= 11 is 0.923. The molecule has 0 spiro atoms. The molecule has 8 nitrogen and oxygen atoms in total. The van der Waals surface area contributed by atoms with Gasteiger partial charge in [-0.15, -0.1) is 11.3 Å². The maximum Gasteiger partial charge on any atom is 0.349 e. The van der Waals surface area contributed by atoms with Crippen LogP contribution in [0.25, 0.3) is 11.0 Å². The second-order valence-electron chi connectivity index (χ2n) is 7.24. The summed E-state index contributed by atoms with van der Waals surface area (Å²) in [5.41, 5.74) is 0.306. The van der Waals surface area contributed by atoms with Gasteiger partial charge in [-0.3, -0.25) is 9.59 Å². The molecule has 2 aromatic heterocycles. The molecule has 2 amide bonds. The van der Waals surface area contributed by atoms with E-state index in [0.717, 1.165) is 11.3 Å². The Morgan fingerprint density at radius 2 is 1.68 bits per heavy atom. The van der Waals surface area contributed by atoms with Crippen molar-refractivity contribution >= 4 is 50.8 Å². The minimum absolute atomic E-state index is 0.0589. The molecule has 34 heavy (non-hydrogen) atoms. The van der Waals surface area contributed by atoms with Crippen LogP contribution in [0.3, 0.4) is 0 Å². The largest absolute Gasteiger partial charge is 0.462 e. The quantitative estimate of drug-likeness (QED) is 0.304. The molecule has 0 saturated carbocycles. The number of benzene rings is 2. The van der Waals surface area contributed by atoms with Crippen molar-refractivity contribution in [2.24, 2.45) is 0 Å². The molecule has 0 bridgehead atoms. The zero-order valence-electron chi connectivity index (χ0n) is 18.3. The first-order valence-electron chi connectivity index (χ1n) is 10.4. The number of rotatable bonds is 6. The smallest absolute Gasteiger partial charge is 0.349 e. The molecular weight excluding hydrogens is 456 g/mol. The van der Waals surface area contributed by atoms with Gasteiger partial charge in [-0.05, 0) is 43.7 Å². The third kappa shape index (κ3) is 4.60. The normalized spacial score (nSPS) is 10.6. The van der Waals surface area contributed by atoms with Crippen LogP contribution in [0.1, 0.15) is 42.9 Å². The molecular formula is C25H20N2O6S. The molecule has 172 valence electrons. The molecule has 4 aromatic rings. The zero-order chi connectivity index (χ0) is 24.2. The molecule has 0 aliphatic rings. The van der Waals surface area contributed by atoms with Gasteiger partial charge in [-0.2, -0.15) is 0 Å². The highest BCUT2D eigenvalue weighted by molar-refractivity contribution is 7.19. The second kappa shape index (κ2) is 9.72. The Bertz CT molecular complexity index is 1460. The zero-order valence-corrected chi connectivity index (χ0v) is 19.2. The summed E-state index contributed by atoms with van der Waals surface area (Å²) in [4.78, 5) is 51.2. The van der Waals surface area contributed by atoms with E-state index in [1.165, 1.54) is 6.07 Å². The van der Waals surface area contributed by atoms with Crippen molar-refractivity contribution < 1.29 is 23.5 Å². The van der Waals surface area contributed by atoms with Gasteiger partial charge in [0.1, 0.15) is 16.1 Å². The lowest BCUT2D eigenvalue weighted by Gasteiger charge is -2.07. The molecule has 0 radical (unpaired) electrons. The number of carbonyl (C=O) groups is 3. The molecule has 2 aromatic carbocycles. The van der Waals surface area contributed by atoms with Gasteiger partial charge in [0.15, 0.2) is 0 Å². The number of carbonyl (C=O) groups excluding carboxylic acids is 3. The highest BCUT2D eigenvalue weighted by atomic mass is 32.1. The molecule has 0 aliphatic carbocycles. The summed E-state index contributed by atoms with van der Waals surface area (Å²) in [5, 5.41) is 6.03. The number of amides is 2. The van der Waals surface area contributed by atoms with E-state index in [1.807, 2.05) is 6.07 Å². The number of para-hydroxylation sites is 2. The maximum absolute atomic E-state index is 13.0. The monoisotopic (exact) mass is 476 g/mol. The Balaban J connectivity index is 1.70. The van der Waals surface area contributed by atoms with Crippen molar-refractivity contribution in [1.82, 2.24) is 0 Å². The summed E-state index contributed by atoms with van der Waals surface area (Å²) in [6, 6.07) is 17.1. The first-order chi connectivity index (χ1) is 16.4. The van der Waals surface area contributed by atoms with Gasteiger partial charge in [0.05, 0.1) is 17.0 Å². The van der Waals surface area contributed by atoms with E-state index in [1.54, 1.807) is 62.4 Å². The van der Waals surface area contributed by atoms with Crippen molar-refractivity contribution in [1.29, 1.82) is 0 Å². The molecule has 9 heteroatoms. The van der Waals surface area contributed by atoms with Gasteiger partial charge in [0.25, 0.3) is 11.8 Å². The van der Waals surface area contributed by atoms with Crippen LogP contribution in [-0.2, 0) is 4.74 Å². The summed E-state index contributed by atoms with van der Waals surface area (Å²) in [6.07, 6.45) is 0. The third-order valence-corrected chi connectivity index (χ3v) is 6.18. The third-order valence-electron chi connectivity index (χ3n) is 4.98. The van der Waals surface area contributed by atoms with E-state index in [-0.39, 0.29) is 27.6 Å². The highest BCUT2D eigenvalue weighted by Gasteiger charge is 2.27. The van der Waals surface area contributed by atoms with Crippen molar-refractivity contribution in [2.45, 2.75) is 13.8 Å². The molecule has 2 N–H and O–H groups in total. The second-order valence-corrected chi connectivity index (χ2v) is 8.26. The molecule has 0 atom stereocenters. The molecule has 2 heterocycles. The van der Waals surface area contributed by atoms with Crippen LogP contribution in [-0.4, -0.2) is 24.4 Å².